The number of hydrogen-bond acceptors (Lipinski definition) is 11. The minimum atomic E-state index is -2.44. The molecule has 0 N–H and O–H groups in total. The molecule has 1 aliphatic carbocycles. The first-order chi connectivity index (χ1) is 41.7. The van der Waals surface area contributed by atoms with E-state index in [-0.39, 0.29) is 37.4 Å². The summed E-state index contributed by atoms with van der Waals surface area (Å²) in [5.74, 6) is -24.6. The Balaban J connectivity index is 0.923. The van der Waals surface area contributed by atoms with Gasteiger partial charge in [0.05, 0.1) is 28.8 Å². The van der Waals surface area contributed by atoms with E-state index in [0.29, 0.717) is 60.6 Å². The quantitative estimate of drug-likeness (QED) is 0.00980. The number of aldehydes is 1. The third-order valence-electron chi connectivity index (χ3n) is 13.6. The zero-order chi connectivity index (χ0) is 62.4. The highest BCUT2D eigenvalue weighted by atomic mass is 19.2. The maximum atomic E-state index is 14.5. The van der Waals surface area contributed by atoms with Gasteiger partial charge in [-0.2, -0.15) is 0 Å². The number of ether oxygens (including phenoxy) is 7. The molecule has 0 aromatic heterocycles. The van der Waals surface area contributed by atoms with Gasteiger partial charge in [-0.1, -0.05) is 98.8 Å². The Hall–Kier alpha value is -9.53. The van der Waals surface area contributed by atoms with E-state index in [1.54, 1.807) is 18.2 Å². The molecule has 0 atom stereocenters. The number of allylic oxidation sites excluding steroid dienone is 4. The molecule has 0 unspecified atom stereocenters. The molecular formula is C66H55F10NO10. The van der Waals surface area contributed by atoms with Gasteiger partial charge in [0.25, 0.3) is 0 Å². The van der Waals surface area contributed by atoms with Crippen molar-refractivity contribution in [2.75, 3.05) is 37.8 Å². The van der Waals surface area contributed by atoms with Crippen molar-refractivity contribution >= 4 is 30.0 Å². The van der Waals surface area contributed by atoms with Gasteiger partial charge < -0.3 is 38.1 Å². The van der Waals surface area contributed by atoms with Crippen molar-refractivity contribution < 1.29 is 91.4 Å². The first kappa shape index (κ1) is 63.5. The number of rotatable bonds is 26. The Morgan fingerprint density at radius 2 is 0.920 bits per heavy atom. The van der Waals surface area contributed by atoms with Gasteiger partial charge in [0.15, 0.2) is 46.5 Å². The van der Waals surface area contributed by atoms with Crippen LogP contribution in [0.15, 0.2) is 150 Å². The van der Waals surface area contributed by atoms with Gasteiger partial charge in [0.1, 0.15) is 81.3 Å². The topological polar surface area (TPSA) is 119 Å². The molecule has 7 aromatic carbocycles. The third kappa shape index (κ3) is 16.3. The lowest BCUT2D eigenvalue weighted by Crippen LogP contribution is -2.28. The van der Waals surface area contributed by atoms with Crippen LogP contribution in [0.5, 0.6) is 23.0 Å². The molecule has 11 nitrogen and oxygen atoms in total. The zero-order valence-corrected chi connectivity index (χ0v) is 46.9. The third-order valence-corrected chi connectivity index (χ3v) is 13.6. The maximum absolute atomic E-state index is 14.5. The van der Waals surface area contributed by atoms with Crippen LogP contribution in [0, 0.1) is 63.6 Å². The number of esters is 2. The van der Waals surface area contributed by atoms with Gasteiger partial charge in [-0.3, -0.25) is 4.79 Å². The zero-order valence-electron chi connectivity index (χ0n) is 46.9. The molecule has 0 bridgehead atoms. The second kappa shape index (κ2) is 29.0. The van der Waals surface area contributed by atoms with Gasteiger partial charge in [-0.05, 0) is 95.5 Å². The van der Waals surface area contributed by atoms with E-state index >= 15 is 0 Å². The van der Waals surface area contributed by atoms with E-state index in [0.717, 1.165) is 40.6 Å². The fraction of sp³-hybridized carbons (Fsp3) is 0.227. The first-order valence-corrected chi connectivity index (χ1v) is 27.0. The van der Waals surface area contributed by atoms with Gasteiger partial charge in [-0.25, -0.2) is 53.5 Å². The first-order valence-electron chi connectivity index (χ1n) is 27.0. The smallest absolute Gasteiger partial charge is 0.338 e. The summed E-state index contributed by atoms with van der Waals surface area (Å²) in [7, 11) is 0. The Morgan fingerprint density at radius 1 is 0.494 bits per heavy atom. The van der Waals surface area contributed by atoms with Crippen molar-refractivity contribution in [3.63, 3.8) is 0 Å². The van der Waals surface area contributed by atoms with Crippen molar-refractivity contribution in [1.82, 2.24) is 0 Å². The largest absolute Gasteiger partial charge is 0.489 e. The molecule has 0 saturated carbocycles. The Kier molecular flexibility index (Phi) is 21.2. The van der Waals surface area contributed by atoms with Crippen molar-refractivity contribution in [3.05, 3.63) is 248 Å². The number of benzene rings is 7. The van der Waals surface area contributed by atoms with Crippen molar-refractivity contribution in [1.29, 1.82) is 0 Å². The van der Waals surface area contributed by atoms with E-state index in [4.69, 9.17) is 33.2 Å². The average Bonchev–Trinajstić information content (AvgIpc) is 2.84. The predicted molar refractivity (Wildman–Crippen MR) is 300 cm³/mol. The highest BCUT2D eigenvalue weighted by Crippen LogP contribution is 2.43. The lowest BCUT2D eigenvalue weighted by atomic mass is 9.74. The summed E-state index contributed by atoms with van der Waals surface area (Å²) < 4.78 is 182. The normalized spacial score (nSPS) is 13.4. The van der Waals surface area contributed by atoms with E-state index in [9.17, 15) is 58.3 Å². The second-order valence-electron chi connectivity index (χ2n) is 20.4. The van der Waals surface area contributed by atoms with Gasteiger partial charge >= 0.3 is 11.9 Å². The van der Waals surface area contributed by atoms with E-state index < -0.39 is 118 Å². The molecule has 0 fully saturated rings. The average molecular weight is 1210 g/mol. The maximum Gasteiger partial charge on any atom is 0.338 e. The highest BCUT2D eigenvalue weighted by molar-refractivity contribution is 5.91. The number of nitrogens with zero attached hydrogens (tertiary/aromatic N) is 1. The standard InChI is InChI=1S/C66H55F10NO10/c1-4-77(22-24-82-64(79)44-27-47(84-35-40-11-7-5-8-12-40)31-48(28-44)85-36-41-13-9-6-10-14-41)46-19-16-39(17-20-46)15-18-42-33-66(2,3)34-43(21-23-78)63(42)81-25-26-83-65(80)45-29-49(86-37-51-53(67)57(71)61(75)58(72)54(51)68)32-50(30-45)87-38-52-55(69)59(73)62(76)60(74)56(52)70/h5-21,23,27-32H,4,22,24-26,33-38H2,1-3H3/b18-15+,43-21+. The number of likely N-dealkylation sites (N-methyl/N-ethyl adjacent to an activating group) is 1. The van der Waals surface area contributed by atoms with E-state index in [1.165, 1.54) is 6.08 Å². The van der Waals surface area contributed by atoms with Crippen LogP contribution in [-0.4, -0.2) is 51.1 Å². The fourth-order valence-corrected chi connectivity index (χ4v) is 9.21. The van der Waals surface area contributed by atoms with E-state index in [2.05, 4.69) is 0 Å². The molecule has 0 aliphatic heterocycles. The van der Waals surface area contributed by atoms with Crippen LogP contribution < -0.4 is 23.8 Å². The van der Waals surface area contributed by atoms with Crippen LogP contribution in [0.1, 0.15) is 82.1 Å². The van der Waals surface area contributed by atoms with Crippen molar-refractivity contribution in [2.24, 2.45) is 5.41 Å². The summed E-state index contributed by atoms with van der Waals surface area (Å²) in [6, 6.07) is 34.4. The number of carbonyl (C=O) groups is 3. The molecule has 0 amide bonds. The van der Waals surface area contributed by atoms with Crippen LogP contribution in [0.25, 0.3) is 6.08 Å². The van der Waals surface area contributed by atoms with Crippen LogP contribution in [-0.2, 0) is 45.4 Å². The minimum Gasteiger partial charge on any atom is -0.489 e. The predicted octanol–water partition coefficient (Wildman–Crippen LogP) is 15.2. The number of hydrogen-bond donors (Lipinski definition) is 0. The summed E-state index contributed by atoms with van der Waals surface area (Å²) in [4.78, 5) is 41.0. The number of anilines is 1. The molecule has 1 aliphatic rings. The monoisotopic (exact) mass is 1210 g/mol. The summed E-state index contributed by atoms with van der Waals surface area (Å²) in [5, 5.41) is 0. The highest BCUT2D eigenvalue weighted by Gasteiger charge is 2.32. The molecule has 0 radical (unpaired) electrons. The van der Waals surface area contributed by atoms with Crippen LogP contribution >= 0.6 is 0 Å². The summed E-state index contributed by atoms with van der Waals surface area (Å²) in [6.07, 6.45) is 6.53. The number of halogens is 10. The Bertz CT molecular complexity index is 3520. The molecule has 8 rings (SSSR count). The molecule has 454 valence electrons. The molecule has 0 heterocycles. The lowest BCUT2D eigenvalue weighted by Gasteiger charge is -2.33. The lowest BCUT2D eigenvalue weighted by molar-refractivity contribution is -0.104. The Morgan fingerprint density at radius 3 is 1.36 bits per heavy atom. The molecule has 21 heteroatoms. The van der Waals surface area contributed by atoms with Gasteiger partial charge in [0.2, 0.25) is 11.6 Å². The molecule has 0 spiro atoms. The van der Waals surface area contributed by atoms with Crippen LogP contribution in [0.4, 0.5) is 49.6 Å². The van der Waals surface area contributed by atoms with Crippen molar-refractivity contribution in [2.45, 2.75) is 60.0 Å². The molecule has 0 saturated heterocycles. The van der Waals surface area contributed by atoms with E-state index in [1.807, 2.05) is 123 Å². The number of carbonyl (C=O) groups excluding carboxylic acids is 3. The summed E-state index contributed by atoms with van der Waals surface area (Å²) >= 11 is 0. The summed E-state index contributed by atoms with van der Waals surface area (Å²) in [6.45, 7) is 4.06. The summed E-state index contributed by atoms with van der Waals surface area (Å²) in [5.41, 5.74) is 1.33. The van der Waals surface area contributed by atoms with Crippen LogP contribution in [0.2, 0.25) is 0 Å². The van der Waals surface area contributed by atoms with Gasteiger partial charge in [-0.15, -0.1) is 0 Å². The minimum absolute atomic E-state index is 0.0613. The molecule has 7 aromatic rings. The second-order valence-corrected chi connectivity index (χ2v) is 20.4. The van der Waals surface area contributed by atoms with Crippen LogP contribution in [0.3, 0.4) is 0 Å². The van der Waals surface area contributed by atoms with Gasteiger partial charge in [0, 0.05) is 24.4 Å². The molecular weight excluding hydrogens is 1160 g/mol. The van der Waals surface area contributed by atoms with Crippen molar-refractivity contribution in [3.8, 4) is 23.0 Å². The fourth-order valence-electron chi connectivity index (χ4n) is 9.21. The molecule has 87 heavy (non-hydrogen) atoms. The Labute approximate surface area is 493 Å². The SMILES string of the molecule is CCN(CCOC(=O)c1cc(OCc2ccccc2)cc(OCc2ccccc2)c1)c1ccc(/C=C/C2=C(OCCOC(=O)c3cc(OCc4c(F)c(F)c(F)c(F)c4F)cc(OCc4c(F)c(F)c(F)c(F)c4F)c3)C(=C/C=O)/CC(C)(C)C2)cc1.